The quantitative estimate of drug-likeness (QED) is 0.716. The van der Waals surface area contributed by atoms with Gasteiger partial charge in [0.05, 0.1) is 11.0 Å². The van der Waals surface area contributed by atoms with E-state index in [4.69, 9.17) is 16.6 Å². The van der Waals surface area contributed by atoms with E-state index < -0.39 is 0 Å². The third-order valence-corrected chi connectivity index (χ3v) is 5.28. The molecule has 1 aliphatic rings. The zero-order chi connectivity index (χ0) is 18.1. The van der Waals surface area contributed by atoms with Gasteiger partial charge in [-0.2, -0.15) is 0 Å². The van der Waals surface area contributed by atoms with Crippen LogP contribution in [0.2, 0.25) is 5.02 Å². The molecule has 0 saturated carbocycles. The number of nitrogens with one attached hydrogen (secondary N) is 1. The lowest BCUT2D eigenvalue weighted by atomic mass is 9.96. The number of aromatic nitrogens is 2. The summed E-state index contributed by atoms with van der Waals surface area (Å²) in [6.45, 7) is 1.44. The van der Waals surface area contributed by atoms with Crippen molar-refractivity contribution in [3.8, 4) is 0 Å². The molecule has 5 nitrogen and oxygen atoms in total. The van der Waals surface area contributed by atoms with Crippen molar-refractivity contribution in [1.29, 1.82) is 0 Å². The molecule has 0 aliphatic carbocycles. The average Bonchev–Trinajstić information content (AvgIpc) is 2.99. The molecule has 2 heterocycles. The van der Waals surface area contributed by atoms with Gasteiger partial charge >= 0.3 is 6.03 Å². The molecule has 1 saturated heterocycles. The van der Waals surface area contributed by atoms with Gasteiger partial charge < -0.3 is 14.8 Å². The highest BCUT2D eigenvalue weighted by Gasteiger charge is 2.27. The second kappa shape index (κ2) is 7.00. The Morgan fingerprint density at radius 1 is 1.15 bits per heavy atom. The molecule has 0 spiro atoms. The van der Waals surface area contributed by atoms with E-state index >= 15 is 0 Å². The molecule has 1 N–H and O–H groups in total. The maximum atomic E-state index is 12.5. The Hall–Kier alpha value is -2.53. The molecule has 0 atom stereocenters. The number of aryl methyl sites for hydroxylation is 1. The van der Waals surface area contributed by atoms with E-state index in [9.17, 15) is 4.79 Å². The highest BCUT2D eigenvalue weighted by Crippen LogP contribution is 2.29. The highest BCUT2D eigenvalue weighted by molar-refractivity contribution is 6.30. The molecular weight excluding hydrogens is 348 g/mol. The number of carbonyl (C=O) groups excluding carboxylic acids is 1. The summed E-state index contributed by atoms with van der Waals surface area (Å²) in [6.07, 6.45) is 1.83. The molecule has 4 rings (SSSR count). The molecule has 0 unspecified atom stereocenters. The monoisotopic (exact) mass is 368 g/mol. The molecule has 1 fully saturated rings. The molecule has 1 aromatic heterocycles. The van der Waals surface area contributed by atoms with E-state index in [-0.39, 0.29) is 6.03 Å². The van der Waals surface area contributed by atoms with E-state index in [1.54, 1.807) is 12.1 Å². The van der Waals surface area contributed by atoms with Crippen LogP contribution >= 0.6 is 11.6 Å². The topological polar surface area (TPSA) is 50.2 Å². The number of imidazole rings is 1. The minimum absolute atomic E-state index is 0.0734. The SMILES string of the molecule is Cn1c(C2CCN(C(=O)Nc3cccc(Cl)c3)CC2)nc2ccccc21. The van der Waals surface area contributed by atoms with Gasteiger partial charge in [-0.15, -0.1) is 0 Å². The zero-order valence-electron chi connectivity index (χ0n) is 14.7. The summed E-state index contributed by atoms with van der Waals surface area (Å²) >= 11 is 5.98. The van der Waals surface area contributed by atoms with Crippen LogP contribution in [-0.2, 0) is 7.05 Å². The summed E-state index contributed by atoms with van der Waals surface area (Å²) in [4.78, 5) is 19.2. The van der Waals surface area contributed by atoms with E-state index in [1.165, 1.54) is 0 Å². The van der Waals surface area contributed by atoms with E-state index in [0.29, 0.717) is 10.9 Å². The first-order valence-electron chi connectivity index (χ1n) is 8.84. The molecule has 1 aliphatic heterocycles. The second-order valence-corrected chi connectivity index (χ2v) is 7.16. The zero-order valence-corrected chi connectivity index (χ0v) is 15.4. The number of para-hydroxylation sites is 2. The minimum Gasteiger partial charge on any atom is -0.331 e. The lowest BCUT2D eigenvalue weighted by molar-refractivity contribution is 0.193. The summed E-state index contributed by atoms with van der Waals surface area (Å²) in [7, 11) is 2.07. The number of urea groups is 1. The Morgan fingerprint density at radius 3 is 2.65 bits per heavy atom. The van der Waals surface area contributed by atoms with Gasteiger partial charge in [0.2, 0.25) is 0 Å². The fourth-order valence-electron chi connectivity index (χ4n) is 3.64. The third kappa shape index (κ3) is 3.27. The fourth-order valence-corrected chi connectivity index (χ4v) is 3.83. The largest absolute Gasteiger partial charge is 0.331 e. The smallest absolute Gasteiger partial charge is 0.321 e. The van der Waals surface area contributed by atoms with Crippen molar-refractivity contribution in [3.05, 3.63) is 59.4 Å². The molecule has 2 amide bonds. The van der Waals surface area contributed by atoms with Crippen LogP contribution in [0, 0.1) is 0 Å². The number of nitrogens with zero attached hydrogens (tertiary/aromatic N) is 3. The van der Waals surface area contributed by atoms with Crippen LogP contribution in [0.1, 0.15) is 24.6 Å². The predicted molar refractivity (Wildman–Crippen MR) is 105 cm³/mol. The standard InChI is InChI=1S/C20H21ClN4O/c1-24-18-8-3-2-7-17(18)23-19(24)14-9-11-25(12-10-14)20(26)22-16-6-4-5-15(21)13-16/h2-8,13-14H,9-12H2,1H3,(H,22,26). The Balaban J connectivity index is 1.42. The van der Waals surface area contributed by atoms with Crippen LogP contribution in [0.5, 0.6) is 0 Å². The Bertz CT molecular complexity index is 944. The van der Waals surface area contributed by atoms with Crippen molar-refractivity contribution in [2.24, 2.45) is 7.05 Å². The number of piperidine rings is 1. The van der Waals surface area contributed by atoms with Crippen molar-refractivity contribution >= 4 is 34.4 Å². The molecule has 3 aromatic rings. The maximum Gasteiger partial charge on any atom is 0.321 e. The Kier molecular flexibility index (Phi) is 4.55. The van der Waals surface area contributed by atoms with Crippen LogP contribution in [-0.4, -0.2) is 33.6 Å². The van der Waals surface area contributed by atoms with Crippen LogP contribution in [0.4, 0.5) is 10.5 Å². The van der Waals surface area contributed by atoms with Gasteiger partial charge in [0.1, 0.15) is 5.82 Å². The van der Waals surface area contributed by atoms with Crippen molar-refractivity contribution in [3.63, 3.8) is 0 Å². The van der Waals surface area contributed by atoms with Gasteiger partial charge in [-0.05, 0) is 43.2 Å². The number of hydrogen-bond donors (Lipinski definition) is 1. The van der Waals surface area contributed by atoms with Crippen LogP contribution < -0.4 is 5.32 Å². The number of benzene rings is 2. The van der Waals surface area contributed by atoms with Crippen molar-refractivity contribution in [1.82, 2.24) is 14.5 Å². The van der Waals surface area contributed by atoms with Crippen molar-refractivity contribution in [2.75, 3.05) is 18.4 Å². The second-order valence-electron chi connectivity index (χ2n) is 6.72. The Labute approximate surface area is 157 Å². The summed E-state index contributed by atoms with van der Waals surface area (Å²) < 4.78 is 2.18. The average molecular weight is 369 g/mol. The van der Waals surface area contributed by atoms with Crippen LogP contribution in [0.3, 0.4) is 0 Å². The lowest BCUT2D eigenvalue weighted by Gasteiger charge is -2.31. The molecule has 0 bridgehead atoms. The van der Waals surface area contributed by atoms with Crippen molar-refractivity contribution < 1.29 is 4.79 Å². The first-order chi connectivity index (χ1) is 12.6. The van der Waals surface area contributed by atoms with Gasteiger partial charge in [-0.1, -0.05) is 29.8 Å². The first kappa shape index (κ1) is 16.9. The molecule has 0 radical (unpaired) electrons. The van der Waals surface area contributed by atoms with E-state index in [0.717, 1.165) is 48.5 Å². The number of halogens is 1. The normalized spacial score (nSPS) is 15.4. The highest BCUT2D eigenvalue weighted by atomic mass is 35.5. The van der Waals surface area contributed by atoms with Crippen LogP contribution in [0.15, 0.2) is 48.5 Å². The summed E-state index contributed by atoms with van der Waals surface area (Å²) in [5, 5.41) is 3.54. The number of fused-ring (bicyclic) bond motifs is 1. The molecular formula is C20H21ClN4O. The number of hydrogen-bond acceptors (Lipinski definition) is 2. The molecule has 2 aromatic carbocycles. The predicted octanol–water partition coefficient (Wildman–Crippen LogP) is 4.64. The van der Waals surface area contributed by atoms with Crippen molar-refractivity contribution in [2.45, 2.75) is 18.8 Å². The van der Waals surface area contributed by atoms with Crippen LogP contribution in [0.25, 0.3) is 11.0 Å². The van der Waals surface area contributed by atoms with Gasteiger partial charge in [-0.25, -0.2) is 9.78 Å². The maximum absolute atomic E-state index is 12.5. The number of carbonyl (C=O) groups is 1. The van der Waals surface area contributed by atoms with Gasteiger partial charge in [0.25, 0.3) is 0 Å². The minimum atomic E-state index is -0.0734. The number of anilines is 1. The third-order valence-electron chi connectivity index (χ3n) is 5.04. The first-order valence-corrected chi connectivity index (χ1v) is 9.22. The van der Waals surface area contributed by atoms with E-state index in [2.05, 4.69) is 23.0 Å². The van der Waals surface area contributed by atoms with Gasteiger partial charge in [0, 0.05) is 36.8 Å². The Morgan fingerprint density at radius 2 is 1.92 bits per heavy atom. The molecule has 134 valence electrons. The molecule has 6 heteroatoms. The van der Waals surface area contributed by atoms with E-state index in [1.807, 2.05) is 35.2 Å². The number of rotatable bonds is 2. The number of likely N-dealkylation sites (tertiary alicyclic amines) is 1. The fraction of sp³-hybridized carbons (Fsp3) is 0.300. The van der Waals surface area contributed by atoms with Gasteiger partial charge in [0.15, 0.2) is 0 Å². The van der Waals surface area contributed by atoms with Gasteiger partial charge in [-0.3, -0.25) is 0 Å². The summed E-state index contributed by atoms with van der Waals surface area (Å²) in [5.74, 6) is 1.49. The molecule has 26 heavy (non-hydrogen) atoms. The number of amides is 2. The lowest BCUT2D eigenvalue weighted by Crippen LogP contribution is -2.40. The summed E-state index contributed by atoms with van der Waals surface area (Å²) in [6, 6.07) is 15.3. The summed E-state index contributed by atoms with van der Waals surface area (Å²) in [5.41, 5.74) is 2.91.